The van der Waals surface area contributed by atoms with E-state index in [1.165, 1.54) is 230 Å². The van der Waals surface area contributed by atoms with Crippen molar-refractivity contribution in [2.45, 2.75) is 590 Å². The summed E-state index contributed by atoms with van der Waals surface area (Å²) >= 11 is 53.0. The minimum absolute atomic E-state index is 0.556. The van der Waals surface area contributed by atoms with E-state index in [1.54, 1.807) is 365 Å². The largest absolute Gasteiger partial charge is 0.112 e. The molecule has 22 unspecified atom stereocenters. The first-order chi connectivity index (χ1) is 63.4. The number of alkyl halides is 10. The number of hydrogen-bond acceptors (Lipinski definition) is 0. The van der Waals surface area contributed by atoms with Crippen LogP contribution in [0.15, 0.2) is 0 Å². The van der Waals surface area contributed by atoms with Crippen LogP contribution in [0.25, 0.3) is 0 Å². The Balaban J connectivity index is 0.000000200. The van der Waals surface area contributed by atoms with Gasteiger partial charge in [0.1, 0.15) is 21.7 Å². The highest BCUT2D eigenvalue weighted by molar-refractivity contribution is 6.49. The summed E-state index contributed by atoms with van der Waals surface area (Å²) in [5.41, 5.74) is 0. The molecule has 0 radical (unpaired) electrons. The van der Waals surface area contributed by atoms with Gasteiger partial charge in [0.25, 0.3) is 0 Å². The Morgan fingerprint density at radius 1 is 0.172 bits per heavy atom. The Kier molecular flexibility index (Phi) is 59.5. The second kappa shape index (κ2) is 64.4. The molecular formula is C124H226Cl10. The first-order valence-electron chi connectivity index (χ1n) is 60.3. The molecule has 0 aromatic carbocycles. The zero-order valence-corrected chi connectivity index (χ0v) is 99.7. The van der Waals surface area contributed by atoms with E-state index in [4.69, 9.17) is 116 Å². The molecule has 0 spiro atoms. The Morgan fingerprint density at radius 3 is 0.478 bits per heavy atom. The molecule has 21 rings (SSSR count). The molecule has 21 saturated carbocycles. The van der Waals surface area contributed by atoms with Gasteiger partial charge in [0.05, 0.1) is 0 Å². The van der Waals surface area contributed by atoms with E-state index in [0.29, 0.717) is 0 Å². The predicted molar refractivity (Wildman–Crippen MR) is 607 cm³/mol. The van der Waals surface area contributed by atoms with Crippen molar-refractivity contribution in [2.75, 3.05) is 0 Å². The van der Waals surface area contributed by atoms with E-state index in [0.717, 1.165) is 94.7 Å². The molecule has 0 heterocycles. The van der Waals surface area contributed by atoms with E-state index in [-0.39, 0.29) is 0 Å². The van der Waals surface area contributed by atoms with Crippen molar-refractivity contribution < 1.29 is 0 Å². The minimum atomic E-state index is -0.556. The van der Waals surface area contributed by atoms with Gasteiger partial charge >= 0.3 is 0 Å². The van der Waals surface area contributed by atoms with Crippen LogP contribution in [-0.4, -0.2) is 21.7 Å². The minimum Gasteiger partial charge on any atom is -0.102 e. The third kappa shape index (κ3) is 47.8. The summed E-state index contributed by atoms with van der Waals surface area (Å²) in [7, 11) is 0. The van der Waals surface area contributed by atoms with Crippen molar-refractivity contribution in [3.05, 3.63) is 0 Å². The molecular weight excluding hydrogens is 1840 g/mol. The summed E-state index contributed by atoms with van der Waals surface area (Å²) < 4.78 is -2.78. The van der Waals surface area contributed by atoms with Crippen LogP contribution in [0.3, 0.4) is 0 Å². The van der Waals surface area contributed by atoms with E-state index in [2.05, 4.69) is 69.2 Å². The van der Waals surface area contributed by atoms with Gasteiger partial charge < -0.3 is 0 Å². The zero-order valence-electron chi connectivity index (χ0n) is 92.1. The van der Waals surface area contributed by atoms with Crippen molar-refractivity contribution in [3.63, 3.8) is 0 Å². The maximum atomic E-state index is 5.30. The lowest BCUT2D eigenvalue weighted by atomic mass is 9.51. The molecule has 0 nitrogen and oxygen atoms in total. The molecule has 0 N–H and O–H groups in total. The van der Waals surface area contributed by atoms with E-state index < -0.39 is 21.7 Å². The number of hydrogen-bond donors (Lipinski definition) is 0. The molecule has 134 heavy (non-hydrogen) atoms. The molecule has 0 amide bonds. The maximum Gasteiger partial charge on any atom is 0.112 e. The van der Waals surface area contributed by atoms with E-state index in [9.17, 15) is 0 Å². The Hall–Kier alpha value is 2.90. The quantitative estimate of drug-likeness (QED) is 0.241. The number of unbranched alkanes of at least 4 members (excludes halogenated alkanes) is 1. The second-order valence-corrected chi connectivity index (χ2v) is 62.9. The van der Waals surface area contributed by atoms with E-state index in [1.807, 2.05) is 0 Å². The van der Waals surface area contributed by atoms with Crippen molar-refractivity contribution in [1.29, 1.82) is 0 Å². The van der Waals surface area contributed by atoms with Gasteiger partial charge in [-0.15, -0.1) is 116 Å². The molecule has 22 atom stereocenters. The topological polar surface area (TPSA) is 0 Å². The fourth-order valence-corrected chi connectivity index (χ4v) is 33.3. The monoisotopic (exact) mass is 2070 g/mol. The lowest BCUT2D eigenvalue weighted by molar-refractivity contribution is -0.0484. The molecule has 0 saturated heterocycles. The van der Waals surface area contributed by atoms with Crippen molar-refractivity contribution >= 4 is 116 Å². The van der Waals surface area contributed by atoms with Gasteiger partial charge in [0.15, 0.2) is 0 Å². The molecule has 21 fully saturated rings. The molecule has 0 aliphatic heterocycles. The average molecular weight is 2070 g/mol. The number of halogens is 10. The second-order valence-electron chi connectivity index (χ2n) is 52.5. The third-order valence-electron chi connectivity index (χ3n) is 40.0. The average Bonchev–Trinajstić information content (AvgIpc) is 1.46. The van der Waals surface area contributed by atoms with Crippen LogP contribution in [0.2, 0.25) is 0 Å². The number of fused-ring (bicyclic) bond motifs is 18. The van der Waals surface area contributed by atoms with Crippen LogP contribution in [0, 0.1) is 189 Å². The fraction of sp³-hybridized carbons (Fsp3) is 1.00. The van der Waals surface area contributed by atoms with Crippen LogP contribution >= 0.6 is 116 Å². The summed E-state index contributed by atoms with van der Waals surface area (Å²) in [6, 6.07) is 0. The molecule has 10 heteroatoms. The molecule has 0 bridgehead atoms. The van der Waals surface area contributed by atoms with E-state index >= 15 is 0 Å². The first kappa shape index (κ1) is 124. The highest BCUT2D eigenvalue weighted by atomic mass is 35.5. The van der Waals surface area contributed by atoms with Gasteiger partial charge in [-0.25, -0.2) is 0 Å². The molecule has 0 aromatic heterocycles. The van der Waals surface area contributed by atoms with Gasteiger partial charge in [-0.2, -0.15) is 0 Å². The van der Waals surface area contributed by atoms with Crippen LogP contribution in [0.1, 0.15) is 569 Å². The Bertz CT molecular complexity index is 2430. The Labute approximate surface area is 888 Å². The molecule has 21 aliphatic rings. The molecule has 792 valence electrons. The summed E-state index contributed by atoms with van der Waals surface area (Å²) in [6.07, 6.45) is 104. The van der Waals surface area contributed by atoms with Gasteiger partial charge in [0.2, 0.25) is 0 Å². The fourth-order valence-electron chi connectivity index (χ4n) is 33.3. The highest BCUT2D eigenvalue weighted by Crippen LogP contribution is 2.63. The number of rotatable bonds is 5. The van der Waals surface area contributed by atoms with Crippen LogP contribution in [-0.2, 0) is 0 Å². The molecule has 21 aliphatic carbocycles. The van der Waals surface area contributed by atoms with Gasteiger partial charge in [-0.05, 0) is 374 Å². The van der Waals surface area contributed by atoms with Crippen LogP contribution in [0.4, 0.5) is 0 Å². The lowest BCUT2D eigenvalue weighted by Gasteiger charge is -2.54. The normalized spacial score (nSPS) is 38.2. The van der Waals surface area contributed by atoms with Gasteiger partial charge in [0, 0.05) is 0 Å². The predicted octanol–water partition coefficient (Wildman–Crippen LogP) is 46.2. The Morgan fingerprint density at radius 2 is 0.321 bits per heavy atom. The first-order valence-corrected chi connectivity index (χ1v) is 64.1. The maximum absolute atomic E-state index is 5.30. The van der Waals surface area contributed by atoms with Crippen LogP contribution < -0.4 is 0 Å². The summed E-state index contributed by atoms with van der Waals surface area (Å²) in [4.78, 5) is 0. The molecule has 0 aromatic rings. The van der Waals surface area contributed by atoms with Gasteiger partial charge in [-0.3, -0.25) is 0 Å². The highest BCUT2D eigenvalue weighted by Gasteiger charge is 2.54. The van der Waals surface area contributed by atoms with Crippen LogP contribution in [0.5, 0.6) is 0 Å². The van der Waals surface area contributed by atoms with Gasteiger partial charge in [-0.1, -0.05) is 384 Å². The van der Waals surface area contributed by atoms with Crippen molar-refractivity contribution in [3.8, 4) is 0 Å². The standard InChI is InChI=1S/C18H30.4C13H22.C10H20.C9H18.2C7H14.C6H12.5C3H6Cl2/c1-12-10-17-15-8-4-2-6-13(15)14-7-3-5-9-16(14)18(17)11-12;4*1-3-7-12-10(5-1)9-11-6-2-4-8-13(11)12;1-6-7(2)9(4)10(5)8(6)3;1-2-3-6-9-7-4-5-8-9;2*1-2-7-5-3-4-6-7;1-6-4-2-3-5-6;5*1-3(2,4)5/h12-18H,2-11H2,1H3;4*10-13H,1-9H2;6-10H,1-5H3;9H,2-8H2,1H3;2*7H,2-6H2,1H3;6H,2-5H2,1H3;5*1-2H3. The summed E-state index contributed by atoms with van der Waals surface area (Å²) in [6.45, 7) is 40.9. The summed E-state index contributed by atoms with van der Waals surface area (Å²) in [5.74, 6) is 35.8. The summed E-state index contributed by atoms with van der Waals surface area (Å²) in [5, 5.41) is 0. The SMILES string of the molecule is C1CCC2C(C1)CC1CCCCC12.C1CCC2C(C1)CC1CCCCC12.C1CCC2C(C1)CC1CCCCC12.C1CCC2C(C1)CC1CCCCC12.CC(C)(Cl)Cl.CC(C)(Cl)Cl.CC(C)(Cl)Cl.CC(C)(Cl)Cl.CC(C)(Cl)Cl.CC1C(C)C(C)C(C)C1C.CC1CC2C3CCCCC3C3CCCCC3C2C1.CC1CCCC1.CCC1CCCC1.CCC1CCCC1.CCCCC1CCCC1. The van der Waals surface area contributed by atoms with Crippen molar-refractivity contribution in [2.24, 2.45) is 189 Å². The smallest absolute Gasteiger partial charge is 0.102 e. The lowest BCUT2D eigenvalue weighted by Crippen LogP contribution is -2.46. The van der Waals surface area contributed by atoms with Crippen molar-refractivity contribution in [1.82, 2.24) is 0 Å². The third-order valence-corrected chi connectivity index (χ3v) is 40.0. The zero-order chi connectivity index (χ0) is 98.4.